The molecule has 0 radical (unpaired) electrons. The minimum Gasteiger partial charge on any atom is -0.489 e. The number of carbonyl (C=O) groups excluding carboxylic acids is 1. The van der Waals surface area contributed by atoms with Gasteiger partial charge in [-0.05, 0) is 36.8 Å². The van der Waals surface area contributed by atoms with E-state index in [4.69, 9.17) is 22.2 Å². The van der Waals surface area contributed by atoms with Crippen LogP contribution in [0.4, 0.5) is 28.9 Å². The molecule has 3 heterocycles. The Hall–Kier alpha value is -2.95. The highest BCUT2D eigenvalue weighted by Gasteiger charge is 2.37. The summed E-state index contributed by atoms with van der Waals surface area (Å²) in [5.41, 5.74) is -1.96. The first-order valence-corrected chi connectivity index (χ1v) is 13.1. The number of nitrogens with zero attached hydrogens (tertiary/aromatic N) is 5. The van der Waals surface area contributed by atoms with E-state index in [1.54, 1.807) is 6.07 Å². The fourth-order valence-electron chi connectivity index (χ4n) is 4.08. The monoisotopic (exact) mass is 553 g/mol. The molecule has 1 aromatic carbocycles. The molecule has 0 atom stereocenters. The minimum atomic E-state index is -4.85. The number of benzene rings is 1. The van der Waals surface area contributed by atoms with Crippen molar-refractivity contribution in [1.82, 2.24) is 9.88 Å². The zero-order valence-electron chi connectivity index (χ0n) is 19.6. The predicted octanol–water partition coefficient (Wildman–Crippen LogP) is 4.46. The van der Waals surface area contributed by atoms with Gasteiger partial charge in [-0.2, -0.15) is 30.2 Å². The molecule has 0 saturated carbocycles. The number of alkyl halides is 3. The molecule has 2 aliphatic rings. The number of aromatic nitrogens is 1. The summed E-state index contributed by atoms with van der Waals surface area (Å²) in [6, 6.07) is 6.38. The normalized spacial score (nSPS) is 17.5. The standard InChI is InChI=1S/C24H23F4N5O2S2/c25-19-13-16(3-4-21(19)35-9-6-31-7-10-37-11-8-31)32-5-1-2-22(34)33(23(32)36)17-12-18(24(26,27)28)20(14-29)30-15-17/h3-4,12-13,15H,1-2,5-11H2. The first kappa shape index (κ1) is 27.1. The molecule has 0 aliphatic carbocycles. The van der Waals surface area contributed by atoms with Crippen LogP contribution in [0.2, 0.25) is 0 Å². The summed E-state index contributed by atoms with van der Waals surface area (Å²) in [5, 5.41) is 8.90. The molecule has 13 heteroatoms. The van der Waals surface area contributed by atoms with Gasteiger partial charge in [-0.1, -0.05) is 0 Å². The van der Waals surface area contributed by atoms with Crippen molar-refractivity contribution in [2.24, 2.45) is 0 Å². The van der Waals surface area contributed by atoms with Crippen LogP contribution in [0.25, 0.3) is 0 Å². The van der Waals surface area contributed by atoms with Crippen LogP contribution in [0, 0.1) is 17.1 Å². The summed E-state index contributed by atoms with van der Waals surface area (Å²) in [5.74, 6) is 1.07. The Bertz CT molecular complexity index is 1210. The summed E-state index contributed by atoms with van der Waals surface area (Å²) in [6.07, 6.45) is -3.49. The van der Waals surface area contributed by atoms with Crippen LogP contribution in [0.5, 0.6) is 5.75 Å². The highest BCUT2D eigenvalue weighted by molar-refractivity contribution is 7.99. The van der Waals surface area contributed by atoms with E-state index >= 15 is 0 Å². The van der Waals surface area contributed by atoms with Crippen LogP contribution in [-0.2, 0) is 11.0 Å². The van der Waals surface area contributed by atoms with E-state index in [-0.39, 0.29) is 29.5 Å². The number of pyridine rings is 1. The number of thioether (sulfide) groups is 1. The zero-order chi connectivity index (χ0) is 26.6. The first-order valence-electron chi connectivity index (χ1n) is 11.5. The number of hydrogen-bond donors (Lipinski definition) is 0. The summed E-state index contributed by atoms with van der Waals surface area (Å²) in [4.78, 5) is 21.1. The summed E-state index contributed by atoms with van der Waals surface area (Å²) >= 11 is 7.39. The maximum Gasteiger partial charge on any atom is 0.419 e. The Morgan fingerprint density at radius 1 is 1.16 bits per heavy atom. The van der Waals surface area contributed by atoms with E-state index in [9.17, 15) is 22.4 Å². The van der Waals surface area contributed by atoms with Gasteiger partial charge in [-0.3, -0.25) is 14.6 Å². The molecule has 0 spiro atoms. The topological polar surface area (TPSA) is 72.7 Å². The van der Waals surface area contributed by atoms with Gasteiger partial charge in [0.1, 0.15) is 12.7 Å². The van der Waals surface area contributed by atoms with Crippen LogP contribution in [0.3, 0.4) is 0 Å². The number of hydrogen-bond acceptors (Lipinski definition) is 7. The van der Waals surface area contributed by atoms with E-state index in [1.165, 1.54) is 23.1 Å². The van der Waals surface area contributed by atoms with Crippen LogP contribution >= 0.6 is 24.0 Å². The van der Waals surface area contributed by atoms with Crippen molar-refractivity contribution in [1.29, 1.82) is 5.26 Å². The van der Waals surface area contributed by atoms with Gasteiger partial charge in [-0.15, -0.1) is 0 Å². The maximum absolute atomic E-state index is 14.9. The van der Waals surface area contributed by atoms with Crippen molar-refractivity contribution in [2.45, 2.75) is 19.0 Å². The molecule has 4 rings (SSSR count). The van der Waals surface area contributed by atoms with Gasteiger partial charge in [0.15, 0.2) is 22.4 Å². The number of amides is 1. The number of halogens is 4. The number of rotatable bonds is 6. The largest absolute Gasteiger partial charge is 0.489 e. The molecule has 7 nitrogen and oxygen atoms in total. The molecule has 2 saturated heterocycles. The van der Waals surface area contributed by atoms with Gasteiger partial charge in [-0.25, -0.2) is 9.37 Å². The third-order valence-electron chi connectivity index (χ3n) is 5.98. The third-order valence-corrected chi connectivity index (χ3v) is 7.33. The van der Waals surface area contributed by atoms with Gasteiger partial charge >= 0.3 is 6.18 Å². The molecule has 0 unspecified atom stereocenters. The number of anilines is 2. The fraction of sp³-hybridized carbons (Fsp3) is 0.417. The van der Waals surface area contributed by atoms with Gasteiger partial charge in [0, 0.05) is 55.9 Å². The second-order valence-corrected chi connectivity index (χ2v) is 9.97. The van der Waals surface area contributed by atoms with Gasteiger partial charge < -0.3 is 9.64 Å². The van der Waals surface area contributed by atoms with Gasteiger partial charge in [0.25, 0.3) is 0 Å². The second kappa shape index (κ2) is 11.6. The third kappa shape index (κ3) is 6.31. The number of nitriles is 1. The summed E-state index contributed by atoms with van der Waals surface area (Å²) < 4.78 is 61.0. The molecule has 2 aliphatic heterocycles. The van der Waals surface area contributed by atoms with E-state index in [0.29, 0.717) is 31.3 Å². The van der Waals surface area contributed by atoms with Crippen molar-refractivity contribution >= 4 is 46.4 Å². The summed E-state index contributed by atoms with van der Waals surface area (Å²) in [6.45, 7) is 3.21. The molecule has 1 aromatic heterocycles. The fourth-order valence-corrected chi connectivity index (χ4v) is 5.47. The second-order valence-electron chi connectivity index (χ2n) is 8.38. The molecular formula is C24H23F4N5O2S2. The van der Waals surface area contributed by atoms with Crippen molar-refractivity contribution in [3.8, 4) is 11.8 Å². The lowest BCUT2D eigenvalue weighted by molar-refractivity contribution is -0.138. The van der Waals surface area contributed by atoms with E-state index in [1.807, 2.05) is 11.8 Å². The van der Waals surface area contributed by atoms with Crippen molar-refractivity contribution in [2.75, 3.05) is 54.1 Å². The van der Waals surface area contributed by atoms with E-state index < -0.39 is 29.2 Å². The van der Waals surface area contributed by atoms with Gasteiger partial charge in [0.05, 0.1) is 17.4 Å². The average Bonchev–Trinajstić information content (AvgIpc) is 3.02. The molecule has 2 aromatic rings. The van der Waals surface area contributed by atoms with Crippen molar-refractivity contribution < 1.29 is 27.1 Å². The summed E-state index contributed by atoms with van der Waals surface area (Å²) in [7, 11) is 0. The van der Waals surface area contributed by atoms with E-state index in [0.717, 1.165) is 35.7 Å². The Kier molecular flexibility index (Phi) is 8.51. The Balaban J connectivity index is 1.54. The first-order chi connectivity index (χ1) is 17.7. The minimum absolute atomic E-state index is 0.0106. The lowest BCUT2D eigenvalue weighted by atomic mass is 10.1. The van der Waals surface area contributed by atoms with Crippen LogP contribution in [-0.4, -0.2) is 65.2 Å². The quantitative estimate of drug-likeness (QED) is 0.384. The molecule has 1 amide bonds. The van der Waals surface area contributed by atoms with Crippen molar-refractivity contribution in [3.05, 3.63) is 47.5 Å². The molecular weight excluding hydrogens is 530 g/mol. The van der Waals surface area contributed by atoms with Gasteiger partial charge in [0.2, 0.25) is 5.91 Å². The van der Waals surface area contributed by atoms with E-state index in [2.05, 4.69) is 9.88 Å². The van der Waals surface area contributed by atoms with Crippen LogP contribution in [0.15, 0.2) is 30.5 Å². The Morgan fingerprint density at radius 2 is 1.92 bits per heavy atom. The van der Waals surface area contributed by atoms with Crippen LogP contribution in [0.1, 0.15) is 24.1 Å². The molecule has 0 N–H and O–H groups in total. The lowest BCUT2D eigenvalue weighted by Crippen LogP contribution is -2.44. The Labute approximate surface area is 221 Å². The molecule has 0 bridgehead atoms. The molecule has 2 fully saturated rings. The highest BCUT2D eigenvalue weighted by Crippen LogP contribution is 2.35. The average molecular weight is 554 g/mol. The zero-order valence-corrected chi connectivity index (χ0v) is 21.3. The maximum atomic E-state index is 14.9. The Morgan fingerprint density at radius 3 is 2.59 bits per heavy atom. The smallest absolute Gasteiger partial charge is 0.419 e. The number of ether oxygens (including phenoxy) is 1. The van der Waals surface area contributed by atoms with Crippen LogP contribution < -0.4 is 14.5 Å². The highest BCUT2D eigenvalue weighted by atomic mass is 32.2. The number of thiocarbonyl (C=S) groups is 1. The number of carbonyl (C=O) groups is 1. The predicted molar refractivity (Wildman–Crippen MR) is 136 cm³/mol. The molecule has 37 heavy (non-hydrogen) atoms. The lowest BCUT2D eigenvalue weighted by Gasteiger charge is -2.30. The SMILES string of the molecule is N#Cc1ncc(N2C(=O)CCCN(c3ccc(OCCN4CCSCC4)c(F)c3)C2=S)cc1C(F)(F)F. The molecule has 196 valence electrons. The van der Waals surface area contributed by atoms with Crippen molar-refractivity contribution in [3.63, 3.8) is 0 Å².